The summed E-state index contributed by atoms with van der Waals surface area (Å²) in [7, 11) is 0. The highest BCUT2D eigenvalue weighted by atomic mass is 32.1. The number of hydrogen-bond acceptors (Lipinski definition) is 6. The van der Waals surface area contributed by atoms with Gasteiger partial charge in [0.15, 0.2) is 5.13 Å². The van der Waals surface area contributed by atoms with Gasteiger partial charge in [-0.1, -0.05) is 6.92 Å². The highest BCUT2D eigenvalue weighted by molar-refractivity contribution is 7.13. The van der Waals surface area contributed by atoms with E-state index in [9.17, 15) is 4.79 Å². The molecule has 1 aliphatic heterocycles. The molecule has 0 amide bonds. The molecule has 0 bridgehead atoms. The summed E-state index contributed by atoms with van der Waals surface area (Å²) in [6.45, 7) is 5.25. The quantitative estimate of drug-likeness (QED) is 0.725. The first-order valence-corrected chi connectivity index (χ1v) is 7.41. The molecule has 0 saturated carbocycles. The van der Waals surface area contributed by atoms with Crippen molar-refractivity contribution in [1.82, 2.24) is 9.88 Å². The standard InChI is InChI=1S/C12H20N4O2S/c1-2-16-5-3-4-8(16)6-14-12-15-9(7-19-12)10(13)11(17)18/h7-8,10H,2-6,13H2,1H3,(H,14,15)(H,17,18). The number of aliphatic carboxylic acids is 1. The van der Waals surface area contributed by atoms with Crippen molar-refractivity contribution < 1.29 is 9.90 Å². The van der Waals surface area contributed by atoms with Crippen LogP contribution in [0.15, 0.2) is 5.38 Å². The molecule has 4 N–H and O–H groups in total. The molecule has 1 aromatic heterocycles. The predicted molar refractivity (Wildman–Crippen MR) is 75.4 cm³/mol. The number of nitrogens with one attached hydrogen (secondary N) is 1. The molecule has 2 atom stereocenters. The van der Waals surface area contributed by atoms with E-state index in [1.165, 1.54) is 24.2 Å². The average molecular weight is 284 g/mol. The van der Waals surface area contributed by atoms with Crippen LogP contribution in [0.25, 0.3) is 0 Å². The van der Waals surface area contributed by atoms with Gasteiger partial charge in [0.05, 0.1) is 5.69 Å². The lowest BCUT2D eigenvalue weighted by Crippen LogP contribution is -2.34. The lowest BCUT2D eigenvalue weighted by atomic mass is 10.2. The highest BCUT2D eigenvalue weighted by Crippen LogP contribution is 2.21. The second kappa shape index (κ2) is 6.31. The molecular weight excluding hydrogens is 264 g/mol. The number of carboxylic acid groups (broad SMARTS) is 1. The van der Waals surface area contributed by atoms with Crippen molar-refractivity contribution in [2.24, 2.45) is 5.73 Å². The Bertz CT molecular complexity index is 437. The molecule has 0 spiro atoms. The normalized spacial score (nSPS) is 21.5. The zero-order chi connectivity index (χ0) is 13.8. The smallest absolute Gasteiger partial charge is 0.326 e. The van der Waals surface area contributed by atoms with Crippen LogP contribution in [0.2, 0.25) is 0 Å². The van der Waals surface area contributed by atoms with E-state index < -0.39 is 12.0 Å². The molecule has 6 nitrogen and oxygen atoms in total. The zero-order valence-corrected chi connectivity index (χ0v) is 11.8. The number of likely N-dealkylation sites (N-methyl/N-ethyl adjacent to an activating group) is 1. The van der Waals surface area contributed by atoms with E-state index in [1.54, 1.807) is 5.38 Å². The molecule has 2 rings (SSSR count). The van der Waals surface area contributed by atoms with Gasteiger partial charge < -0.3 is 16.2 Å². The summed E-state index contributed by atoms with van der Waals surface area (Å²) in [5.41, 5.74) is 5.94. The fourth-order valence-electron chi connectivity index (χ4n) is 2.38. The molecule has 1 aromatic rings. The first-order chi connectivity index (χ1) is 9.11. The van der Waals surface area contributed by atoms with Gasteiger partial charge in [-0.2, -0.15) is 0 Å². The maximum atomic E-state index is 10.8. The van der Waals surface area contributed by atoms with Crippen molar-refractivity contribution >= 4 is 22.4 Å². The highest BCUT2D eigenvalue weighted by Gasteiger charge is 2.23. The van der Waals surface area contributed by atoms with Crippen molar-refractivity contribution in [2.45, 2.75) is 31.8 Å². The van der Waals surface area contributed by atoms with Gasteiger partial charge >= 0.3 is 5.97 Å². The van der Waals surface area contributed by atoms with E-state index in [0.717, 1.165) is 24.8 Å². The average Bonchev–Trinajstić information content (AvgIpc) is 3.03. The molecule has 1 fully saturated rings. The summed E-state index contributed by atoms with van der Waals surface area (Å²) < 4.78 is 0. The summed E-state index contributed by atoms with van der Waals surface area (Å²) in [6, 6.07) is -0.490. The molecule has 1 aliphatic rings. The number of aromatic nitrogens is 1. The molecule has 106 valence electrons. The third kappa shape index (κ3) is 3.43. The van der Waals surface area contributed by atoms with E-state index in [2.05, 4.69) is 22.1 Å². The zero-order valence-electron chi connectivity index (χ0n) is 11.0. The Morgan fingerprint density at radius 1 is 1.79 bits per heavy atom. The Balaban J connectivity index is 1.88. The Morgan fingerprint density at radius 3 is 3.26 bits per heavy atom. The van der Waals surface area contributed by atoms with Crippen LogP contribution in [0.3, 0.4) is 0 Å². The number of rotatable bonds is 6. The van der Waals surface area contributed by atoms with Crippen LogP contribution in [0.4, 0.5) is 5.13 Å². The summed E-state index contributed by atoms with van der Waals surface area (Å²) >= 11 is 1.40. The second-order valence-electron chi connectivity index (χ2n) is 4.70. The Morgan fingerprint density at radius 2 is 2.58 bits per heavy atom. The van der Waals surface area contributed by atoms with Crippen LogP contribution < -0.4 is 11.1 Å². The number of anilines is 1. The number of hydrogen-bond donors (Lipinski definition) is 3. The SMILES string of the molecule is CCN1CCCC1CNc1nc(C(N)C(=O)O)cs1. The molecule has 19 heavy (non-hydrogen) atoms. The topological polar surface area (TPSA) is 91.5 Å². The third-order valence-electron chi connectivity index (χ3n) is 3.50. The first-order valence-electron chi connectivity index (χ1n) is 6.53. The van der Waals surface area contributed by atoms with Crippen molar-refractivity contribution in [1.29, 1.82) is 0 Å². The van der Waals surface area contributed by atoms with E-state index in [4.69, 9.17) is 10.8 Å². The molecule has 7 heteroatoms. The fourth-order valence-corrected chi connectivity index (χ4v) is 3.14. The molecule has 2 heterocycles. The minimum Gasteiger partial charge on any atom is -0.480 e. The van der Waals surface area contributed by atoms with Crippen molar-refractivity contribution in [2.75, 3.05) is 25.0 Å². The largest absolute Gasteiger partial charge is 0.480 e. The maximum Gasteiger partial charge on any atom is 0.326 e. The lowest BCUT2D eigenvalue weighted by molar-refractivity contribution is -0.138. The van der Waals surface area contributed by atoms with Crippen molar-refractivity contribution in [3.05, 3.63) is 11.1 Å². The minimum absolute atomic E-state index is 0.416. The minimum atomic E-state index is -1.05. The summed E-state index contributed by atoms with van der Waals surface area (Å²) in [6.07, 6.45) is 2.45. The Hall–Kier alpha value is -1.18. The summed E-state index contributed by atoms with van der Waals surface area (Å²) in [4.78, 5) is 17.4. The van der Waals surface area contributed by atoms with Gasteiger partial charge in [0.25, 0.3) is 0 Å². The maximum absolute atomic E-state index is 10.8. The van der Waals surface area contributed by atoms with E-state index >= 15 is 0 Å². The number of carbonyl (C=O) groups is 1. The van der Waals surface area contributed by atoms with Crippen LogP contribution in [-0.4, -0.2) is 46.6 Å². The van der Waals surface area contributed by atoms with E-state index in [1.807, 2.05) is 0 Å². The molecule has 0 aromatic carbocycles. The van der Waals surface area contributed by atoms with Crippen LogP contribution in [0.1, 0.15) is 31.5 Å². The Kier molecular flexibility index (Phi) is 4.73. The van der Waals surface area contributed by atoms with Crippen LogP contribution in [0.5, 0.6) is 0 Å². The lowest BCUT2D eigenvalue weighted by Gasteiger charge is -2.22. The Labute approximate surface area is 116 Å². The van der Waals surface area contributed by atoms with Crippen LogP contribution in [0, 0.1) is 0 Å². The summed E-state index contributed by atoms with van der Waals surface area (Å²) in [5, 5.41) is 14.6. The van der Waals surface area contributed by atoms with Crippen LogP contribution in [-0.2, 0) is 4.79 Å². The van der Waals surface area contributed by atoms with Gasteiger partial charge in [0, 0.05) is 18.0 Å². The van der Waals surface area contributed by atoms with Gasteiger partial charge in [-0.3, -0.25) is 9.69 Å². The number of nitrogens with two attached hydrogens (primary N) is 1. The molecule has 2 unspecified atom stereocenters. The van der Waals surface area contributed by atoms with Gasteiger partial charge in [0.1, 0.15) is 6.04 Å². The van der Waals surface area contributed by atoms with Crippen LogP contribution >= 0.6 is 11.3 Å². The van der Waals surface area contributed by atoms with Crippen molar-refractivity contribution in [3.63, 3.8) is 0 Å². The fraction of sp³-hybridized carbons (Fsp3) is 0.667. The second-order valence-corrected chi connectivity index (χ2v) is 5.56. The summed E-state index contributed by atoms with van der Waals surface area (Å²) in [5.74, 6) is -1.05. The van der Waals surface area contributed by atoms with Gasteiger partial charge in [-0.05, 0) is 25.9 Å². The predicted octanol–water partition coefficient (Wildman–Crippen LogP) is 1.12. The number of nitrogens with zero attached hydrogens (tertiary/aromatic N) is 2. The molecule has 0 aliphatic carbocycles. The molecule has 0 radical (unpaired) electrons. The van der Waals surface area contributed by atoms with E-state index in [0.29, 0.717) is 11.7 Å². The molecule has 1 saturated heterocycles. The van der Waals surface area contributed by atoms with Gasteiger partial charge in [0.2, 0.25) is 0 Å². The van der Waals surface area contributed by atoms with Gasteiger partial charge in [-0.15, -0.1) is 11.3 Å². The first kappa shape index (κ1) is 14.2. The molecular formula is C12H20N4O2S. The number of likely N-dealkylation sites (tertiary alicyclic amines) is 1. The van der Waals surface area contributed by atoms with E-state index in [-0.39, 0.29) is 0 Å². The third-order valence-corrected chi connectivity index (χ3v) is 4.32. The van der Waals surface area contributed by atoms with Crippen molar-refractivity contribution in [3.8, 4) is 0 Å². The monoisotopic (exact) mass is 284 g/mol. The number of carboxylic acids is 1. The van der Waals surface area contributed by atoms with Gasteiger partial charge in [-0.25, -0.2) is 4.98 Å². The number of thiazole rings is 1.